The van der Waals surface area contributed by atoms with Crippen LogP contribution in [0.1, 0.15) is 40.9 Å². The van der Waals surface area contributed by atoms with Gasteiger partial charge in [0.1, 0.15) is 12.1 Å². The lowest BCUT2D eigenvalue weighted by Gasteiger charge is -2.33. The second-order valence-electron chi connectivity index (χ2n) is 9.08. The van der Waals surface area contributed by atoms with Crippen molar-refractivity contribution in [3.05, 3.63) is 76.6 Å². The molecule has 2 N–H and O–H groups in total. The number of anilines is 1. The van der Waals surface area contributed by atoms with Crippen molar-refractivity contribution >= 4 is 23.5 Å². The van der Waals surface area contributed by atoms with Gasteiger partial charge in [0.15, 0.2) is 0 Å². The first-order valence-electron chi connectivity index (χ1n) is 11.5. The molecule has 1 aliphatic heterocycles. The van der Waals surface area contributed by atoms with Crippen molar-refractivity contribution in [2.24, 2.45) is 0 Å². The van der Waals surface area contributed by atoms with E-state index in [4.69, 9.17) is 0 Å². The highest BCUT2D eigenvalue weighted by atomic mass is 16.2. The van der Waals surface area contributed by atoms with E-state index < -0.39 is 17.5 Å². The number of carbonyl (C=O) groups excluding carboxylic acids is 3. The number of fused-ring (bicyclic) bond motifs is 2. The zero-order valence-electron chi connectivity index (χ0n) is 19.5. The highest BCUT2D eigenvalue weighted by Gasteiger charge is 2.54. The van der Waals surface area contributed by atoms with E-state index >= 15 is 0 Å². The van der Waals surface area contributed by atoms with Crippen molar-refractivity contribution in [3.8, 4) is 5.69 Å². The van der Waals surface area contributed by atoms with E-state index in [1.165, 1.54) is 0 Å². The van der Waals surface area contributed by atoms with E-state index in [2.05, 4.69) is 15.7 Å². The summed E-state index contributed by atoms with van der Waals surface area (Å²) >= 11 is 0. The molecule has 1 fully saturated rings. The molecule has 34 heavy (non-hydrogen) atoms. The summed E-state index contributed by atoms with van der Waals surface area (Å²) in [7, 11) is 0. The number of aromatic nitrogens is 2. The van der Waals surface area contributed by atoms with Gasteiger partial charge < -0.3 is 10.6 Å². The van der Waals surface area contributed by atoms with Gasteiger partial charge in [-0.3, -0.25) is 14.5 Å². The Bertz CT molecular complexity index is 1310. The summed E-state index contributed by atoms with van der Waals surface area (Å²) in [4.78, 5) is 40.2. The summed E-state index contributed by atoms with van der Waals surface area (Å²) < 4.78 is 1.77. The summed E-state index contributed by atoms with van der Waals surface area (Å²) in [5, 5.41) is 10.3. The molecule has 1 aromatic heterocycles. The van der Waals surface area contributed by atoms with E-state index in [9.17, 15) is 14.4 Å². The molecule has 5 rings (SSSR count). The van der Waals surface area contributed by atoms with Gasteiger partial charge in [0.25, 0.3) is 5.91 Å². The smallest absolute Gasteiger partial charge is 0.321 e. The van der Waals surface area contributed by atoms with E-state index in [0.29, 0.717) is 17.8 Å². The van der Waals surface area contributed by atoms with Crippen LogP contribution in [0.4, 0.5) is 10.5 Å². The van der Waals surface area contributed by atoms with E-state index in [1.807, 2.05) is 69.3 Å². The minimum atomic E-state index is -1.09. The lowest BCUT2D eigenvalue weighted by molar-refractivity contribution is -0.134. The van der Waals surface area contributed by atoms with Gasteiger partial charge in [0.2, 0.25) is 5.91 Å². The van der Waals surface area contributed by atoms with Crippen LogP contribution in [0, 0.1) is 20.8 Å². The molecule has 174 valence electrons. The summed E-state index contributed by atoms with van der Waals surface area (Å²) in [6.45, 7) is 5.34. The number of urea groups is 1. The minimum Gasteiger partial charge on any atom is -0.321 e. The third-order valence-electron chi connectivity index (χ3n) is 6.79. The Hall–Kier alpha value is -3.94. The van der Waals surface area contributed by atoms with Gasteiger partial charge in [-0.15, -0.1) is 0 Å². The number of hydrogen-bond acceptors (Lipinski definition) is 4. The number of aryl methyl sites for hydroxylation is 3. The van der Waals surface area contributed by atoms with Gasteiger partial charge in [0, 0.05) is 0 Å². The maximum absolute atomic E-state index is 13.4. The van der Waals surface area contributed by atoms with Crippen LogP contribution < -0.4 is 10.6 Å². The van der Waals surface area contributed by atoms with E-state index in [-0.39, 0.29) is 12.5 Å². The van der Waals surface area contributed by atoms with Crippen molar-refractivity contribution in [2.45, 2.75) is 45.6 Å². The SMILES string of the molecule is Cc1ccc(-n2nc(C)c(NC(=O)CN3C(=O)N[C@]4(CCCc5ccccc54)C3=O)c2C)cc1. The Balaban J connectivity index is 1.36. The number of hydrogen-bond donors (Lipinski definition) is 2. The maximum atomic E-state index is 13.4. The number of amides is 4. The molecule has 2 aliphatic rings. The molecule has 1 spiro atoms. The van der Waals surface area contributed by atoms with Gasteiger partial charge in [-0.2, -0.15) is 5.10 Å². The van der Waals surface area contributed by atoms with E-state index in [1.54, 1.807) is 4.68 Å². The molecular weight excluding hydrogens is 430 g/mol. The van der Waals surface area contributed by atoms with Gasteiger partial charge in [-0.05, 0) is 63.3 Å². The van der Waals surface area contributed by atoms with Crippen LogP contribution in [0.3, 0.4) is 0 Å². The maximum Gasteiger partial charge on any atom is 0.325 e. The fourth-order valence-electron chi connectivity index (χ4n) is 5.04. The summed E-state index contributed by atoms with van der Waals surface area (Å²) in [6, 6.07) is 15.1. The topological polar surface area (TPSA) is 96.3 Å². The number of nitrogens with zero attached hydrogens (tertiary/aromatic N) is 3. The molecule has 4 amide bonds. The summed E-state index contributed by atoms with van der Waals surface area (Å²) in [5.41, 5.74) is 4.83. The highest BCUT2D eigenvalue weighted by molar-refractivity contribution is 6.10. The van der Waals surface area contributed by atoms with Gasteiger partial charge in [0.05, 0.1) is 22.8 Å². The third kappa shape index (κ3) is 3.46. The normalized spacial score (nSPS) is 19.3. The first-order valence-corrected chi connectivity index (χ1v) is 11.5. The molecule has 0 radical (unpaired) electrons. The molecule has 0 unspecified atom stereocenters. The fourth-order valence-corrected chi connectivity index (χ4v) is 5.04. The standard InChI is InChI=1S/C26H27N5O3/c1-16-10-12-20(13-11-16)31-18(3)23(17(2)29-31)27-22(32)15-30-24(33)26(28-25(30)34)14-6-8-19-7-4-5-9-21(19)26/h4-5,7,9-13H,6,8,14-15H2,1-3H3,(H,27,32)(H,28,34)/t26-/m0/s1. The minimum absolute atomic E-state index is 0.358. The summed E-state index contributed by atoms with van der Waals surface area (Å²) in [6.07, 6.45) is 2.18. The summed E-state index contributed by atoms with van der Waals surface area (Å²) in [5.74, 6) is -0.817. The Morgan fingerprint density at radius 2 is 1.82 bits per heavy atom. The number of imide groups is 1. The molecule has 2 heterocycles. The first kappa shape index (κ1) is 21.9. The molecule has 0 saturated carbocycles. The van der Waals surface area contributed by atoms with Crippen LogP contribution in [0.25, 0.3) is 5.69 Å². The number of rotatable bonds is 4. The molecule has 0 bridgehead atoms. The predicted octanol–water partition coefficient (Wildman–Crippen LogP) is 3.52. The van der Waals surface area contributed by atoms with Gasteiger partial charge in [-0.1, -0.05) is 42.0 Å². The molecule has 8 nitrogen and oxygen atoms in total. The Morgan fingerprint density at radius 1 is 1.09 bits per heavy atom. The van der Waals surface area contributed by atoms with Crippen LogP contribution in [-0.4, -0.2) is 39.1 Å². The van der Waals surface area contributed by atoms with Crippen molar-refractivity contribution in [1.82, 2.24) is 20.0 Å². The van der Waals surface area contributed by atoms with Crippen molar-refractivity contribution in [1.29, 1.82) is 0 Å². The van der Waals surface area contributed by atoms with Crippen molar-refractivity contribution < 1.29 is 14.4 Å². The van der Waals surface area contributed by atoms with Gasteiger partial charge >= 0.3 is 6.03 Å². The number of carbonyl (C=O) groups is 3. The van der Waals surface area contributed by atoms with Crippen molar-refractivity contribution in [2.75, 3.05) is 11.9 Å². The number of nitrogens with one attached hydrogen (secondary N) is 2. The zero-order chi connectivity index (χ0) is 24.0. The molecule has 2 aromatic carbocycles. The Kier molecular flexibility index (Phi) is 5.23. The number of benzene rings is 2. The van der Waals surface area contributed by atoms with Crippen LogP contribution >= 0.6 is 0 Å². The Labute approximate surface area is 197 Å². The molecular formula is C26H27N5O3. The molecule has 1 atom stereocenters. The monoisotopic (exact) mass is 457 g/mol. The molecule has 3 aromatic rings. The molecule has 8 heteroatoms. The van der Waals surface area contributed by atoms with Crippen LogP contribution in [-0.2, 0) is 21.5 Å². The first-order chi connectivity index (χ1) is 16.3. The van der Waals surface area contributed by atoms with E-state index in [0.717, 1.165) is 45.8 Å². The molecule has 1 aliphatic carbocycles. The van der Waals surface area contributed by atoms with Gasteiger partial charge in [-0.25, -0.2) is 9.48 Å². The third-order valence-corrected chi connectivity index (χ3v) is 6.79. The van der Waals surface area contributed by atoms with Crippen LogP contribution in [0.15, 0.2) is 48.5 Å². The predicted molar refractivity (Wildman–Crippen MR) is 128 cm³/mol. The largest absolute Gasteiger partial charge is 0.325 e. The van der Waals surface area contributed by atoms with Crippen molar-refractivity contribution in [3.63, 3.8) is 0 Å². The fraction of sp³-hybridized carbons (Fsp3) is 0.308. The lowest BCUT2D eigenvalue weighted by atomic mass is 9.76. The highest BCUT2D eigenvalue weighted by Crippen LogP contribution is 2.39. The Morgan fingerprint density at radius 3 is 2.59 bits per heavy atom. The average Bonchev–Trinajstić information content (AvgIpc) is 3.23. The quantitative estimate of drug-likeness (QED) is 0.586. The average molecular weight is 458 g/mol. The van der Waals surface area contributed by atoms with Crippen LogP contribution in [0.5, 0.6) is 0 Å². The second-order valence-corrected chi connectivity index (χ2v) is 9.08. The second kappa shape index (κ2) is 8.13. The lowest BCUT2D eigenvalue weighted by Crippen LogP contribution is -2.47. The molecule has 1 saturated heterocycles. The zero-order valence-corrected chi connectivity index (χ0v) is 19.5. The van der Waals surface area contributed by atoms with Crippen LogP contribution in [0.2, 0.25) is 0 Å².